The van der Waals surface area contributed by atoms with Crippen LogP contribution in [0.25, 0.3) is 17.1 Å². The van der Waals surface area contributed by atoms with E-state index in [1.54, 1.807) is 16.8 Å². The van der Waals surface area contributed by atoms with Gasteiger partial charge in [-0.3, -0.25) is 4.79 Å². The van der Waals surface area contributed by atoms with Gasteiger partial charge in [-0.25, -0.2) is 9.67 Å². The molecule has 0 aliphatic carbocycles. The minimum atomic E-state index is -0.360. The number of carbonyl (C=O) groups excluding carboxylic acids is 1. The van der Waals surface area contributed by atoms with E-state index >= 15 is 0 Å². The molecule has 0 bridgehead atoms. The molecule has 0 unspecified atom stereocenters. The van der Waals surface area contributed by atoms with Crippen molar-refractivity contribution in [3.8, 4) is 17.1 Å². The lowest BCUT2D eigenvalue weighted by Crippen LogP contribution is -2.14. The summed E-state index contributed by atoms with van der Waals surface area (Å²) in [6.07, 6.45) is 0.946. The van der Waals surface area contributed by atoms with Crippen LogP contribution < -0.4 is 5.32 Å². The molecular weight excluding hydrogens is 396 g/mol. The van der Waals surface area contributed by atoms with E-state index in [9.17, 15) is 4.79 Å². The standard InChI is InChI=1S/C24H21ClN4O/c1-3-17-7-11-20(12-8-17)26-24(30)22-27-23(18-6-4-5-16(2)15-18)29(28-22)21-13-9-19(25)10-14-21/h4-15H,3H2,1-2H3,(H,26,30). The Labute approximate surface area is 180 Å². The number of hydrogen-bond donors (Lipinski definition) is 1. The normalized spacial score (nSPS) is 10.8. The maximum Gasteiger partial charge on any atom is 0.295 e. The third kappa shape index (κ3) is 4.26. The zero-order valence-electron chi connectivity index (χ0n) is 16.8. The van der Waals surface area contributed by atoms with Gasteiger partial charge in [0.25, 0.3) is 5.91 Å². The number of anilines is 1. The maximum atomic E-state index is 12.8. The van der Waals surface area contributed by atoms with Gasteiger partial charge in [-0.15, -0.1) is 5.10 Å². The molecule has 0 aliphatic heterocycles. The Morgan fingerprint density at radius 3 is 2.43 bits per heavy atom. The summed E-state index contributed by atoms with van der Waals surface area (Å²) in [5.74, 6) is 0.328. The number of halogens is 1. The van der Waals surface area contributed by atoms with Crippen LogP contribution in [0.5, 0.6) is 0 Å². The van der Waals surface area contributed by atoms with Crippen molar-refractivity contribution in [2.24, 2.45) is 0 Å². The molecule has 4 aromatic rings. The summed E-state index contributed by atoms with van der Waals surface area (Å²) >= 11 is 6.03. The second-order valence-corrected chi connectivity index (χ2v) is 7.46. The van der Waals surface area contributed by atoms with Crippen LogP contribution in [0.2, 0.25) is 5.02 Å². The van der Waals surface area contributed by atoms with Gasteiger partial charge in [0.15, 0.2) is 5.82 Å². The fourth-order valence-corrected chi connectivity index (χ4v) is 3.28. The molecule has 0 aliphatic rings. The molecule has 1 N–H and O–H groups in total. The first-order valence-corrected chi connectivity index (χ1v) is 10.1. The highest BCUT2D eigenvalue weighted by Crippen LogP contribution is 2.23. The fourth-order valence-electron chi connectivity index (χ4n) is 3.15. The highest BCUT2D eigenvalue weighted by atomic mass is 35.5. The van der Waals surface area contributed by atoms with E-state index < -0.39 is 0 Å². The molecular formula is C24H21ClN4O. The van der Waals surface area contributed by atoms with Crippen LogP contribution in [0.3, 0.4) is 0 Å². The van der Waals surface area contributed by atoms with Crippen molar-refractivity contribution in [1.29, 1.82) is 0 Å². The maximum absolute atomic E-state index is 12.8. The van der Waals surface area contributed by atoms with Gasteiger partial charge in [0.05, 0.1) is 5.69 Å². The summed E-state index contributed by atoms with van der Waals surface area (Å²) in [4.78, 5) is 17.4. The summed E-state index contributed by atoms with van der Waals surface area (Å²) in [6.45, 7) is 4.10. The molecule has 0 spiro atoms. The van der Waals surface area contributed by atoms with E-state index in [-0.39, 0.29) is 11.7 Å². The molecule has 0 atom stereocenters. The van der Waals surface area contributed by atoms with Crippen LogP contribution in [0.15, 0.2) is 72.8 Å². The Morgan fingerprint density at radius 2 is 1.77 bits per heavy atom. The summed E-state index contributed by atoms with van der Waals surface area (Å²) in [6, 6.07) is 23.0. The second kappa shape index (κ2) is 8.51. The molecule has 0 fully saturated rings. The van der Waals surface area contributed by atoms with Crippen LogP contribution >= 0.6 is 11.6 Å². The average Bonchev–Trinajstić information content (AvgIpc) is 3.20. The van der Waals surface area contributed by atoms with Crippen molar-refractivity contribution in [2.45, 2.75) is 20.3 Å². The van der Waals surface area contributed by atoms with E-state index in [0.29, 0.717) is 16.5 Å². The quantitative estimate of drug-likeness (QED) is 0.453. The van der Waals surface area contributed by atoms with Crippen LogP contribution in [-0.4, -0.2) is 20.7 Å². The third-order valence-electron chi connectivity index (χ3n) is 4.78. The molecule has 1 aromatic heterocycles. The number of hydrogen-bond acceptors (Lipinski definition) is 3. The third-order valence-corrected chi connectivity index (χ3v) is 5.03. The number of carbonyl (C=O) groups is 1. The summed E-state index contributed by atoms with van der Waals surface area (Å²) < 4.78 is 1.67. The summed E-state index contributed by atoms with van der Waals surface area (Å²) in [5.41, 5.74) is 4.66. The van der Waals surface area contributed by atoms with Gasteiger partial charge in [0, 0.05) is 16.3 Å². The Kier molecular flexibility index (Phi) is 5.63. The lowest BCUT2D eigenvalue weighted by molar-refractivity contribution is 0.101. The van der Waals surface area contributed by atoms with Gasteiger partial charge in [0.1, 0.15) is 0 Å². The van der Waals surface area contributed by atoms with Gasteiger partial charge in [-0.05, 0) is 61.4 Å². The largest absolute Gasteiger partial charge is 0.319 e. The predicted octanol–water partition coefficient (Wildman–Crippen LogP) is 5.71. The van der Waals surface area contributed by atoms with Gasteiger partial charge < -0.3 is 5.32 Å². The first-order valence-electron chi connectivity index (χ1n) is 9.74. The number of amides is 1. The van der Waals surface area contributed by atoms with Gasteiger partial charge in [0.2, 0.25) is 5.82 Å². The Bertz CT molecular complexity index is 1180. The second-order valence-electron chi connectivity index (χ2n) is 7.02. The lowest BCUT2D eigenvalue weighted by atomic mass is 10.1. The van der Waals surface area contributed by atoms with Crippen molar-refractivity contribution >= 4 is 23.2 Å². The summed E-state index contributed by atoms with van der Waals surface area (Å²) in [5, 5.41) is 8.00. The smallest absolute Gasteiger partial charge is 0.295 e. The molecule has 0 radical (unpaired) electrons. The van der Waals surface area contributed by atoms with Crippen molar-refractivity contribution < 1.29 is 4.79 Å². The van der Waals surface area contributed by atoms with E-state index in [1.165, 1.54) is 5.56 Å². The van der Waals surface area contributed by atoms with Crippen molar-refractivity contribution in [3.63, 3.8) is 0 Å². The number of aryl methyl sites for hydroxylation is 2. The molecule has 6 heteroatoms. The van der Waals surface area contributed by atoms with Gasteiger partial charge in [-0.1, -0.05) is 54.4 Å². The number of aromatic nitrogens is 3. The molecule has 30 heavy (non-hydrogen) atoms. The minimum Gasteiger partial charge on any atom is -0.319 e. The Balaban J connectivity index is 1.72. The van der Waals surface area contributed by atoms with E-state index in [4.69, 9.17) is 11.6 Å². The lowest BCUT2D eigenvalue weighted by Gasteiger charge is -2.06. The topological polar surface area (TPSA) is 59.8 Å². The Morgan fingerprint density at radius 1 is 1.03 bits per heavy atom. The van der Waals surface area contributed by atoms with Crippen molar-refractivity contribution in [3.05, 3.63) is 94.8 Å². The molecule has 0 saturated carbocycles. The van der Waals surface area contributed by atoms with E-state index in [1.807, 2.05) is 67.6 Å². The van der Waals surface area contributed by atoms with Crippen LogP contribution in [-0.2, 0) is 6.42 Å². The van der Waals surface area contributed by atoms with Crippen LogP contribution in [0.4, 0.5) is 5.69 Å². The first-order chi connectivity index (χ1) is 14.5. The number of nitrogens with one attached hydrogen (secondary N) is 1. The molecule has 3 aromatic carbocycles. The van der Waals surface area contributed by atoms with Crippen molar-refractivity contribution in [2.75, 3.05) is 5.32 Å². The SMILES string of the molecule is CCc1ccc(NC(=O)c2nc(-c3cccc(C)c3)n(-c3ccc(Cl)cc3)n2)cc1. The molecule has 1 amide bonds. The van der Waals surface area contributed by atoms with E-state index in [0.717, 1.165) is 23.2 Å². The van der Waals surface area contributed by atoms with Gasteiger partial charge >= 0.3 is 0 Å². The van der Waals surface area contributed by atoms with Gasteiger partial charge in [-0.2, -0.15) is 0 Å². The average molecular weight is 417 g/mol. The molecule has 150 valence electrons. The Hall–Kier alpha value is -3.44. The summed E-state index contributed by atoms with van der Waals surface area (Å²) in [7, 11) is 0. The molecule has 0 saturated heterocycles. The zero-order chi connectivity index (χ0) is 21.1. The fraction of sp³-hybridized carbons (Fsp3) is 0.125. The van der Waals surface area contributed by atoms with E-state index in [2.05, 4.69) is 22.3 Å². The minimum absolute atomic E-state index is 0.0982. The monoisotopic (exact) mass is 416 g/mol. The highest BCUT2D eigenvalue weighted by molar-refractivity contribution is 6.30. The van der Waals surface area contributed by atoms with Crippen LogP contribution in [0.1, 0.15) is 28.7 Å². The van der Waals surface area contributed by atoms with Crippen molar-refractivity contribution in [1.82, 2.24) is 14.8 Å². The van der Waals surface area contributed by atoms with Crippen LogP contribution in [0, 0.1) is 6.92 Å². The molecule has 4 rings (SSSR count). The predicted molar refractivity (Wildman–Crippen MR) is 120 cm³/mol. The number of rotatable bonds is 5. The molecule has 1 heterocycles. The number of nitrogens with zero attached hydrogens (tertiary/aromatic N) is 3. The first kappa shape index (κ1) is 19.9. The zero-order valence-corrected chi connectivity index (χ0v) is 17.5. The number of benzene rings is 3. The highest BCUT2D eigenvalue weighted by Gasteiger charge is 2.19. The molecule has 5 nitrogen and oxygen atoms in total.